The van der Waals surface area contributed by atoms with Crippen molar-refractivity contribution in [2.24, 2.45) is 0 Å². The molecule has 1 saturated carbocycles. The lowest BCUT2D eigenvalue weighted by molar-refractivity contribution is 0.00437. The molecule has 1 aliphatic rings. The molecule has 0 radical (unpaired) electrons. The molecule has 12 heavy (non-hydrogen) atoms. The maximum atomic E-state index is 9.03. The van der Waals surface area contributed by atoms with Gasteiger partial charge in [-0.05, 0) is 19.9 Å². The number of hydrogen-bond acceptors (Lipinski definition) is 3. The molecule has 0 aliphatic heterocycles. The van der Waals surface area contributed by atoms with Crippen LogP contribution in [0.1, 0.15) is 12.8 Å². The van der Waals surface area contributed by atoms with Crippen molar-refractivity contribution >= 4 is 12.4 Å². The molecular formula is C8H18ClNO2. The topological polar surface area (TPSA) is 32.7 Å². The Morgan fingerprint density at radius 2 is 2.08 bits per heavy atom. The Balaban J connectivity index is 0.00000121. The fourth-order valence-electron chi connectivity index (χ4n) is 1.34. The predicted molar refractivity (Wildman–Crippen MR) is 50.8 cm³/mol. The summed E-state index contributed by atoms with van der Waals surface area (Å²) in [5.74, 6) is 0. The van der Waals surface area contributed by atoms with Crippen molar-refractivity contribution in [1.82, 2.24) is 4.90 Å². The summed E-state index contributed by atoms with van der Waals surface area (Å²) >= 11 is 0. The van der Waals surface area contributed by atoms with Crippen molar-refractivity contribution in [2.75, 3.05) is 27.3 Å². The van der Waals surface area contributed by atoms with E-state index in [4.69, 9.17) is 9.84 Å². The fraction of sp³-hybridized carbons (Fsp3) is 1.00. The first-order chi connectivity index (χ1) is 5.24. The van der Waals surface area contributed by atoms with Crippen molar-refractivity contribution in [2.45, 2.75) is 25.0 Å². The Morgan fingerprint density at radius 1 is 1.50 bits per heavy atom. The molecule has 0 unspecified atom stereocenters. The minimum Gasteiger partial charge on any atom is -0.393 e. The summed E-state index contributed by atoms with van der Waals surface area (Å²) in [6.45, 7) is 1.75. The lowest BCUT2D eigenvalue weighted by Gasteiger charge is -2.38. The van der Waals surface area contributed by atoms with Gasteiger partial charge in [-0.1, -0.05) is 0 Å². The van der Waals surface area contributed by atoms with Gasteiger partial charge in [0.05, 0.1) is 12.7 Å². The van der Waals surface area contributed by atoms with Gasteiger partial charge in [0, 0.05) is 19.7 Å². The zero-order valence-corrected chi connectivity index (χ0v) is 8.51. The number of likely N-dealkylation sites (N-methyl/N-ethyl adjacent to an activating group) is 1. The van der Waals surface area contributed by atoms with Crippen molar-refractivity contribution < 1.29 is 9.84 Å². The van der Waals surface area contributed by atoms with Crippen LogP contribution in [-0.2, 0) is 4.74 Å². The van der Waals surface area contributed by atoms with Crippen molar-refractivity contribution in [3.63, 3.8) is 0 Å². The first-order valence-electron chi connectivity index (χ1n) is 4.11. The summed E-state index contributed by atoms with van der Waals surface area (Å²) in [5, 5.41) is 9.03. The minimum absolute atomic E-state index is 0. The molecule has 0 aromatic heterocycles. The quantitative estimate of drug-likeness (QED) is 0.710. The lowest BCUT2D eigenvalue weighted by Crippen LogP contribution is -2.46. The number of hydrogen-bond donors (Lipinski definition) is 1. The van der Waals surface area contributed by atoms with E-state index in [2.05, 4.69) is 11.9 Å². The van der Waals surface area contributed by atoms with Crippen LogP contribution in [0.25, 0.3) is 0 Å². The van der Waals surface area contributed by atoms with Crippen LogP contribution in [0.2, 0.25) is 0 Å². The SMILES string of the molecule is COCCN(C)C1CC(O)C1.Cl. The van der Waals surface area contributed by atoms with Crippen LogP contribution < -0.4 is 0 Å². The largest absolute Gasteiger partial charge is 0.393 e. The highest BCUT2D eigenvalue weighted by atomic mass is 35.5. The molecule has 4 heteroatoms. The molecule has 1 aliphatic carbocycles. The van der Waals surface area contributed by atoms with Gasteiger partial charge in [0.15, 0.2) is 0 Å². The molecule has 0 aromatic rings. The first-order valence-corrected chi connectivity index (χ1v) is 4.11. The average Bonchev–Trinajstić information content (AvgIpc) is 1.94. The molecule has 1 N–H and O–H groups in total. The highest BCUT2D eigenvalue weighted by molar-refractivity contribution is 5.85. The Hall–Kier alpha value is 0.170. The number of aliphatic hydroxyl groups excluding tert-OH is 1. The summed E-state index contributed by atoms with van der Waals surface area (Å²) in [6.07, 6.45) is 1.81. The number of rotatable bonds is 4. The van der Waals surface area contributed by atoms with Crippen LogP contribution in [0.3, 0.4) is 0 Å². The van der Waals surface area contributed by atoms with E-state index < -0.39 is 0 Å². The third kappa shape index (κ3) is 3.27. The Labute approximate surface area is 80.1 Å². The van der Waals surface area contributed by atoms with Gasteiger partial charge in [-0.2, -0.15) is 0 Å². The molecular weight excluding hydrogens is 178 g/mol. The molecule has 0 saturated heterocycles. The summed E-state index contributed by atoms with van der Waals surface area (Å²) in [6, 6.07) is 0.583. The van der Waals surface area contributed by atoms with Gasteiger partial charge < -0.3 is 14.7 Å². The summed E-state index contributed by atoms with van der Waals surface area (Å²) in [7, 11) is 3.79. The molecule has 0 heterocycles. The lowest BCUT2D eigenvalue weighted by atomic mass is 9.88. The van der Waals surface area contributed by atoms with E-state index in [1.54, 1.807) is 7.11 Å². The normalized spacial score (nSPS) is 28.0. The maximum Gasteiger partial charge on any atom is 0.0589 e. The summed E-state index contributed by atoms with van der Waals surface area (Å²) in [5.41, 5.74) is 0. The molecule has 0 amide bonds. The molecule has 0 bridgehead atoms. The van der Waals surface area contributed by atoms with Gasteiger partial charge in [-0.15, -0.1) is 12.4 Å². The van der Waals surface area contributed by atoms with Gasteiger partial charge in [0.1, 0.15) is 0 Å². The maximum absolute atomic E-state index is 9.03. The van der Waals surface area contributed by atoms with Gasteiger partial charge in [-0.25, -0.2) is 0 Å². The van der Waals surface area contributed by atoms with Gasteiger partial charge in [0.25, 0.3) is 0 Å². The summed E-state index contributed by atoms with van der Waals surface area (Å²) < 4.78 is 4.95. The van der Waals surface area contributed by atoms with E-state index in [1.807, 2.05) is 0 Å². The Kier molecular flexibility index (Phi) is 5.84. The molecule has 3 nitrogen and oxygen atoms in total. The van der Waals surface area contributed by atoms with E-state index in [0.717, 1.165) is 26.0 Å². The molecule has 74 valence electrons. The van der Waals surface area contributed by atoms with E-state index in [-0.39, 0.29) is 18.5 Å². The minimum atomic E-state index is -0.0509. The van der Waals surface area contributed by atoms with Crippen LogP contribution in [0.15, 0.2) is 0 Å². The second-order valence-corrected chi connectivity index (χ2v) is 3.25. The van der Waals surface area contributed by atoms with Crippen LogP contribution in [0.4, 0.5) is 0 Å². The van der Waals surface area contributed by atoms with Gasteiger partial charge in [0.2, 0.25) is 0 Å². The number of nitrogens with zero attached hydrogens (tertiary/aromatic N) is 1. The number of ether oxygens (including phenoxy) is 1. The number of halogens is 1. The average molecular weight is 196 g/mol. The Morgan fingerprint density at radius 3 is 2.50 bits per heavy atom. The van der Waals surface area contributed by atoms with E-state index in [0.29, 0.717) is 6.04 Å². The van der Waals surface area contributed by atoms with Crippen LogP contribution in [0.5, 0.6) is 0 Å². The van der Waals surface area contributed by atoms with Crippen molar-refractivity contribution in [3.8, 4) is 0 Å². The third-order valence-electron chi connectivity index (χ3n) is 2.36. The van der Waals surface area contributed by atoms with Crippen LogP contribution in [-0.4, -0.2) is 49.5 Å². The monoisotopic (exact) mass is 195 g/mol. The third-order valence-corrected chi connectivity index (χ3v) is 2.36. The van der Waals surface area contributed by atoms with Crippen molar-refractivity contribution in [3.05, 3.63) is 0 Å². The molecule has 1 rings (SSSR count). The van der Waals surface area contributed by atoms with E-state index >= 15 is 0 Å². The zero-order valence-electron chi connectivity index (χ0n) is 7.69. The predicted octanol–water partition coefficient (Wildman–Crippen LogP) is 0.510. The second kappa shape index (κ2) is 5.75. The highest BCUT2D eigenvalue weighted by Gasteiger charge is 2.29. The summed E-state index contributed by atoms with van der Waals surface area (Å²) in [4.78, 5) is 2.25. The van der Waals surface area contributed by atoms with Gasteiger partial charge >= 0.3 is 0 Å². The molecule has 0 aromatic carbocycles. The van der Waals surface area contributed by atoms with E-state index in [1.165, 1.54) is 0 Å². The smallest absolute Gasteiger partial charge is 0.0589 e. The zero-order chi connectivity index (χ0) is 8.27. The van der Waals surface area contributed by atoms with Crippen LogP contribution >= 0.6 is 12.4 Å². The molecule has 1 fully saturated rings. The highest BCUT2D eigenvalue weighted by Crippen LogP contribution is 2.23. The number of aliphatic hydroxyl groups is 1. The van der Waals surface area contributed by atoms with Crippen molar-refractivity contribution in [1.29, 1.82) is 0 Å². The molecule has 0 atom stereocenters. The van der Waals surface area contributed by atoms with Crippen LogP contribution in [0, 0.1) is 0 Å². The molecule has 0 spiro atoms. The van der Waals surface area contributed by atoms with E-state index in [9.17, 15) is 0 Å². The Bertz CT molecular complexity index is 118. The van der Waals surface area contributed by atoms with Gasteiger partial charge in [-0.3, -0.25) is 0 Å². The fourth-order valence-corrected chi connectivity index (χ4v) is 1.34. The first kappa shape index (κ1) is 12.2. The number of methoxy groups -OCH3 is 1. The second-order valence-electron chi connectivity index (χ2n) is 3.25. The standard InChI is InChI=1S/C8H17NO2.ClH/c1-9(3-4-11-2)7-5-8(10)6-7;/h7-8,10H,3-6H2,1-2H3;1H.